The van der Waals surface area contributed by atoms with Gasteiger partial charge in [-0.1, -0.05) is 6.07 Å². The minimum Gasteiger partial charge on any atom is -0.497 e. The second-order valence-corrected chi connectivity index (χ2v) is 7.89. The van der Waals surface area contributed by atoms with Crippen LogP contribution < -0.4 is 15.0 Å². The van der Waals surface area contributed by atoms with Crippen LogP contribution >= 0.6 is 0 Å². The molecule has 2 N–H and O–H groups in total. The summed E-state index contributed by atoms with van der Waals surface area (Å²) in [5, 5.41) is 11.6. The maximum absolute atomic E-state index is 5.71. The summed E-state index contributed by atoms with van der Waals surface area (Å²) in [5.74, 6) is 2.42. The Bertz CT molecular complexity index is 1280. The van der Waals surface area contributed by atoms with E-state index in [-0.39, 0.29) is 0 Å². The summed E-state index contributed by atoms with van der Waals surface area (Å²) >= 11 is 0. The van der Waals surface area contributed by atoms with Crippen LogP contribution in [0.3, 0.4) is 0 Å². The first-order chi connectivity index (χ1) is 15.3. The molecular weight excluding hydrogens is 392 g/mol. The first kappa shape index (κ1) is 18.1. The molecule has 0 amide bonds. The van der Waals surface area contributed by atoms with E-state index >= 15 is 0 Å². The topological polar surface area (TPSA) is 88.2 Å². The maximum atomic E-state index is 5.71. The van der Waals surface area contributed by atoms with Crippen LogP contribution in [-0.2, 0) is 30.9 Å². The van der Waals surface area contributed by atoms with Crippen LogP contribution in [0.4, 0.5) is 17.5 Å². The Morgan fingerprint density at radius 3 is 2.97 bits per heavy atom. The van der Waals surface area contributed by atoms with Crippen LogP contribution in [0.2, 0.25) is 0 Å². The summed E-state index contributed by atoms with van der Waals surface area (Å²) in [4.78, 5) is 12.1. The van der Waals surface area contributed by atoms with Crippen molar-refractivity contribution >= 4 is 28.4 Å². The zero-order chi connectivity index (χ0) is 20.8. The van der Waals surface area contributed by atoms with Crippen molar-refractivity contribution in [2.45, 2.75) is 26.1 Å². The third kappa shape index (κ3) is 3.25. The highest BCUT2D eigenvalue weighted by atomic mass is 16.5. The Balaban J connectivity index is 1.36. The van der Waals surface area contributed by atoms with Gasteiger partial charge in [0.15, 0.2) is 0 Å². The Labute approximate surface area is 179 Å². The fourth-order valence-electron chi connectivity index (χ4n) is 4.26. The summed E-state index contributed by atoms with van der Waals surface area (Å²) in [7, 11) is 1.70. The van der Waals surface area contributed by atoms with Gasteiger partial charge in [0.25, 0.3) is 0 Å². The van der Waals surface area contributed by atoms with Gasteiger partial charge in [-0.15, -0.1) is 0 Å². The maximum Gasteiger partial charge on any atom is 0.228 e. The highest BCUT2D eigenvalue weighted by Gasteiger charge is 2.25. The molecule has 2 aromatic heterocycles. The van der Waals surface area contributed by atoms with Crippen molar-refractivity contribution in [2.75, 3.05) is 23.9 Å². The lowest BCUT2D eigenvalue weighted by Gasteiger charge is -2.23. The van der Waals surface area contributed by atoms with E-state index in [9.17, 15) is 0 Å². The summed E-state index contributed by atoms with van der Waals surface area (Å²) < 4.78 is 11.1. The van der Waals surface area contributed by atoms with E-state index in [0.29, 0.717) is 13.2 Å². The first-order valence-corrected chi connectivity index (χ1v) is 10.4. The van der Waals surface area contributed by atoms with E-state index in [4.69, 9.17) is 19.4 Å². The number of ether oxygens (including phenoxy) is 2. The average molecular weight is 414 g/mol. The molecule has 0 bridgehead atoms. The molecule has 4 aromatic rings. The average Bonchev–Trinajstić information content (AvgIpc) is 3.45. The standard InChI is InChI=1S/C23H22N6O2/c1-30-18-4-2-14-11-29(12-16(14)9-18)23-26-21-6-7-31-13-19(21)22(27-23)25-17-3-5-20-15(8-17)10-24-28-20/h2-5,8-10H,6-7,11-13H2,1H3,(H,24,28)(H,25,26,27). The highest BCUT2D eigenvalue weighted by molar-refractivity contribution is 5.83. The fraction of sp³-hybridized carbons (Fsp3) is 0.261. The normalized spacial score (nSPS) is 15.1. The van der Waals surface area contributed by atoms with E-state index in [1.165, 1.54) is 11.1 Å². The first-order valence-electron chi connectivity index (χ1n) is 10.4. The van der Waals surface area contributed by atoms with Gasteiger partial charge < -0.3 is 19.7 Å². The second kappa shape index (κ2) is 7.24. The fourth-order valence-corrected chi connectivity index (χ4v) is 4.26. The van der Waals surface area contributed by atoms with Crippen molar-refractivity contribution in [1.29, 1.82) is 0 Å². The van der Waals surface area contributed by atoms with Crippen LogP contribution in [0.5, 0.6) is 5.75 Å². The molecule has 6 rings (SSSR count). The number of nitrogens with one attached hydrogen (secondary N) is 2. The van der Waals surface area contributed by atoms with Gasteiger partial charge in [-0.3, -0.25) is 5.10 Å². The summed E-state index contributed by atoms with van der Waals surface area (Å²) in [6.45, 7) is 2.75. The Kier molecular flexibility index (Phi) is 4.24. The van der Waals surface area contributed by atoms with Crippen LogP contribution in [0, 0.1) is 0 Å². The monoisotopic (exact) mass is 414 g/mol. The molecule has 2 aliphatic rings. The minimum absolute atomic E-state index is 0.517. The van der Waals surface area contributed by atoms with E-state index in [1.807, 2.05) is 24.4 Å². The van der Waals surface area contributed by atoms with Crippen LogP contribution in [-0.4, -0.2) is 33.9 Å². The van der Waals surface area contributed by atoms with Crippen molar-refractivity contribution in [3.63, 3.8) is 0 Å². The third-order valence-electron chi connectivity index (χ3n) is 5.93. The predicted octanol–water partition coefficient (Wildman–Crippen LogP) is 3.70. The quantitative estimate of drug-likeness (QED) is 0.526. The number of anilines is 3. The lowest BCUT2D eigenvalue weighted by Crippen LogP contribution is -2.22. The van der Waals surface area contributed by atoms with Crippen molar-refractivity contribution in [1.82, 2.24) is 20.2 Å². The number of hydrogen-bond acceptors (Lipinski definition) is 7. The molecule has 156 valence electrons. The van der Waals surface area contributed by atoms with Gasteiger partial charge in [-0.25, -0.2) is 4.98 Å². The Morgan fingerprint density at radius 2 is 2.03 bits per heavy atom. The van der Waals surface area contributed by atoms with Gasteiger partial charge in [0.05, 0.1) is 37.7 Å². The largest absolute Gasteiger partial charge is 0.497 e. The zero-order valence-corrected chi connectivity index (χ0v) is 17.2. The molecule has 4 heterocycles. The number of benzene rings is 2. The zero-order valence-electron chi connectivity index (χ0n) is 17.2. The number of nitrogens with zero attached hydrogens (tertiary/aromatic N) is 4. The number of methoxy groups -OCH3 is 1. The lowest BCUT2D eigenvalue weighted by molar-refractivity contribution is 0.109. The molecule has 2 aliphatic heterocycles. The van der Waals surface area contributed by atoms with Gasteiger partial charge >= 0.3 is 0 Å². The summed E-state index contributed by atoms with van der Waals surface area (Å²) in [6, 6.07) is 12.3. The second-order valence-electron chi connectivity index (χ2n) is 7.89. The van der Waals surface area contributed by atoms with E-state index in [0.717, 1.165) is 64.9 Å². The molecule has 0 aliphatic carbocycles. The lowest BCUT2D eigenvalue weighted by atomic mass is 10.1. The molecule has 0 atom stereocenters. The van der Waals surface area contributed by atoms with Gasteiger partial charge in [0.2, 0.25) is 5.95 Å². The van der Waals surface area contributed by atoms with Crippen LogP contribution in [0.15, 0.2) is 42.6 Å². The molecule has 8 nitrogen and oxygen atoms in total. The molecule has 0 fully saturated rings. The number of H-pyrrole nitrogens is 1. The molecule has 31 heavy (non-hydrogen) atoms. The highest BCUT2D eigenvalue weighted by Crippen LogP contribution is 2.33. The van der Waals surface area contributed by atoms with Crippen molar-refractivity contribution in [3.8, 4) is 5.75 Å². The molecule has 0 radical (unpaired) electrons. The van der Waals surface area contributed by atoms with Gasteiger partial charge in [-0.05, 0) is 41.5 Å². The van der Waals surface area contributed by atoms with E-state index in [1.54, 1.807) is 7.11 Å². The van der Waals surface area contributed by atoms with Crippen molar-refractivity contribution in [2.24, 2.45) is 0 Å². The van der Waals surface area contributed by atoms with Gasteiger partial charge in [-0.2, -0.15) is 10.1 Å². The molecule has 0 spiro atoms. The number of fused-ring (bicyclic) bond motifs is 3. The number of aromatic amines is 1. The van der Waals surface area contributed by atoms with Crippen LogP contribution in [0.25, 0.3) is 10.9 Å². The Hall–Kier alpha value is -3.65. The molecule has 0 unspecified atom stereocenters. The number of aromatic nitrogens is 4. The SMILES string of the molecule is COc1ccc2c(c1)CN(c1nc3c(c(Nc4ccc5[nH]ncc5c4)n1)COCC3)C2. The molecule has 0 saturated carbocycles. The summed E-state index contributed by atoms with van der Waals surface area (Å²) in [6.07, 6.45) is 2.61. The van der Waals surface area contributed by atoms with Crippen molar-refractivity contribution < 1.29 is 9.47 Å². The molecule has 2 aromatic carbocycles. The van der Waals surface area contributed by atoms with Crippen molar-refractivity contribution in [3.05, 3.63) is 65.0 Å². The van der Waals surface area contributed by atoms with Gasteiger partial charge in [0, 0.05) is 36.1 Å². The number of hydrogen-bond donors (Lipinski definition) is 2. The summed E-state index contributed by atoms with van der Waals surface area (Å²) in [5.41, 5.74) is 6.58. The van der Waals surface area contributed by atoms with E-state index < -0.39 is 0 Å². The van der Waals surface area contributed by atoms with E-state index in [2.05, 4.69) is 38.6 Å². The predicted molar refractivity (Wildman–Crippen MR) is 118 cm³/mol. The third-order valence-corrected chi connectivity index (χ3v) is 5.93. The van der Waals surface area contributed by atoms with Gasteiger partial charge in [0.1, 0.15) is 11.6 Å². The molecule has 0 saturated heterocycles. The molecular formula is C23H22N6O2. The minimum atomic E-state index is 0.517. The Morgan fingerprint density at radius 1 is 1.10 bits per heavy atom. The van der Waals surface area contributed by atoms with Crippen LogP contribution in [0.1, 0.15) is 22.4 Å². The number of rotatable bonds is 4. The smallest absolute Gasteiger partial charge is 0.228 e. The molecule has 8 heteroatoms.